The van der Waals surface area contributed by atoms with Gasteiger partial charge in [-0.25, -0.2) is 4.79 Å². The average molecular weight is 363 g/mol. The molecule has 5 fully saturated rings. The van der Waals surface area contributed by atoms with E-state index >= 15 is 0 Å². The maximum atomic E-state index is 12.4. The van der Waals surface area contributed by atoms with E-state index < -0.39 is 0 Å². The maximum absolute atomic E-state index is 12.4. The fourth-order valence-electron chi connectivity index (χ4n) is 6.64. The van der Waals surface area contributed by atoms with Crippen LogP contribution >= 0.6 is 0 Å². The number of carbonyl (C=O) groups excluding carboxylic acids is 2. The van der Waals surface area contributed by atoms with Crippen LogP contribution in [0.25, 0.3) is 0 Å². The summed E-state index contributed by atoms with van der Waals surface area (Å²) in [6, 6.07) is 0.172. The van der Waals surface area contributed by atoms with Crippen LogP contribution in [0.3, 0.4) is 0 Å². The number of likely N-dealkylation sites (tertiary alicyclic amines) is 1. The van der Waals surface area contributed by atoms with Crippen molar-refractivity contribution >= 4 is 11.9 Å². The van der Waals surface area contributed by atoms with Crippen molar-refractivity contribution in [2.45, 2.75) is 69.9 Å². The van der Waals surface area contributed by atoms with E-state index in [1.165, 1.54) is 19.3 Å². The summed E-state index contributed by atoms with van der Waals surface area (Å²) in [6.45, 7) is 3.89. The lowest BCUT2D eigenvalue weighted by Crippen LogP contribution is -2.61. The Bertz CT molecular complexity index is 529. The first-order chi connectivity index (χ1) is 12.5. The fourth-order valence-corrected chi connectivity index (χ4v) is 6.64. The van der Waals surface area contributed by atoms with Crippen LogP contribution < -0.4 is 16.4 Å². The second-order valence-corrected chi connectivity index (χ2v) is 9.56. The molecule has 4 N–H and O–H groups in total. The second kappa shape index (κ2) is 7.02. The van der Waals surface area contributed by atoms with E-state index in [2.05, 4.69) is 17.6 Å². The molecule has 0 spiro atoms. The van der Waals surface area contributed by atoms with Crippen molar-refractivity contribution in [3.8, 4) is 0 Å². The summed E-state index contributed by atoms with van der Waals surface area (Å²) >= 11 is 0. The molecule has 0 aromatic carbocycles. The minimum absolute atomic E-state index is 0.0284. The standard InChI is InChI=1S/C20H34N4O2/c1-13-4-17(11-21)12-24(13)18(25)2-3-22-19(26)23-20-8-14-5-15(9-20)7-16(6-14)10-20/h13-17H,2-12,21H2,1H3,(H2,22,23,26). The van der Waals surface area contributed by atoms with Gasteiger partial charge in [-0.2, -0.15) is 0 Å². The minimum Gasteiger partial charge on any atom is -0.340 e. The van der Waals surface area contributed by atoms with Gasteiger partial charge in [0.05, 0.1) is 0 Å². The lowest BCUT2D eigenvalue weighted by atomic mass is 9.53. The normalized spacial score (nSPS) is 40.7. The van der Waals surface area contributed by atoms with Crippen LogP contribution in [0.2, 0.25) is 0 Å². The largest absolute Gasteiger partial charge is 0.340 e. The number of amides is 3. The number of hydrogen-bond acceptors (Lipinski definition) is 3. The molecular weight excluding hydrogens is 328 g/mol. The molecule has 4 aliphatic carbocycles. The number of nitrogens with zero attached hydrogens (tertiary/aromatic N) is 1. The van der Waals surface area contributed by atoms with E-state index in [0.717, 1.165) is 50.0 Å². The van der Waals surface area contributed by atoms with Crippen molar-refractivity contribution in [1.82, 2.24) is 15.5 Å². The molecule has 26 heavy (non-hydrogen) atoms. The van der Waals surface area contributed by atoms with Crippen LogP contribution in [0.15, 0.2) is 0 Å². The summed E-state index contributed by atoms with van der Waals surface area (Å²) in [4.78, 5) is 26.8. The van der Waals surface area contributed by atoms with Crippen molar-refractivity contribution in [1.29, 1.82) is 0 Å². The van der Waals surface area contributed by atoms with Crippen LogP contribution in [0.5, 0.6) is 0 Å². The van der Waals surface area contributed by atoms with Gasteiger partial charge in [0.1, 0.15) is 0 Å². The molecule has 2 unspecified atom stereocenters. The van der Waals surface area contributed by atoms with Gasteiger partial charge in [0, 0.05) is 31.1 Å². The van der Waals surface area contributed by atoms with Crippen LogP contribution in [-0.4, -0.2) is 48.1 Å². The third-order valence-corrected chi connectivity index (χ3v) is 7.36. The van der Waals surface area contributed by atoms with Gasteiger partial charge in [0.15, 0.2) is 0 Å². The highest BCUT2D eigenvalue weighted by Gasteiger charge is 2.51. The monoisotopic (exact) mass is 362 g/mol. The van der Waals surface area contributed by atoms with Crippen molar-refractivity contribution in [2.24, 2.45) is 29.4 Å². The highest BCUT2D eigenvalue weighted by molar-refractivity contribution is 5.79. The number of rotatable bonds is 5. The third kappa shape index (κ3) is 3.57. The number of carbonyl (C=O) groups is 2. The third-order valence-electron chi connectivity index (χ3n) is 7.36. The first kappa shape index (κ1) is 18.1. The SMILES string of the molecule is CC1CC(CN)CN1C(=O)CCNC(=O)NC12CC3CC(CC(C3)C1)C2. The van der Waals surface area contributed by atoms with Gasteiger partial charge in [-0.15, -0.1) is 0 Å². The molecular formula is C20H34N4O2. The van der Waals surface area contributed by atoms with Gasteiger partial charge in [-0.1, -0.05) is 0 Å². The Balaban J connectivity index is 1.22. The molecule has 0 aromatic heterocycles. The topological polar surface area (TPSA) is 87.5 Å². The van der Waals surface area contributed by atoms with E-state index in [0.29, 0.717) is 25.4 Å². The van der Waals surface area contributed by atoms with Crippen LogP contribution in [0.4, 0.5) is 4.79 Å². The van der Waals surface area contributed by atoms with E-state index in [9.17, 15) is 9.59 Å². The van der Waals surface area contributed by atoms with E-state index in [-0.39, 0.29) is 23.5 Å². The second-order valence-electron chi connectivity index (χ2n) is 9.56. The molecule has 1 heterocycles. The summed E-state index contributed by atoms with van der Waals surface area (Å²) in [5, 5.41) is 6.23. The Morgan fingerprint density at radius 2 is 1.69 bits per heavy atom. The first-order valence-electron chi connectivity index (χ1n) is 10.5. The Kier molecular flexibility index (Phi) is 4.88. The Morgan fingerprint density at radius 3 is 2.23 bits per heavy atom. The molecule has 6 heteroatoms. The molecule has 1 saturated heterocycles. The Labute approximate surface area is 156 Å². The summed E-state index contributed by atoms with van der Waals surface area (Å²) in [6.07, 6.45) is 8.92. The molecule has 2 atom stereocenters. The maximum Gasteiger partial charge on any atom is 0.315 e. The number of nitrogens with one attached hydrogen (secondary N) is 2. The van der Waals surface area contributed by atoms with Gasteiger partial charge in [0.2, 0.25) is 5.91 Å². The quantitative estimate of drug-likeness (QED) is 0.697. The Morgan fingerprint density at radius 1 is 1.08 bits per heavy atom. The lowest BCUT2D eigenvalue weighted by molar-refractivity contribution is -0.131. The number of urea groups is 1. The van der Waals surface area contributed by atoms with E-state index in [1.807, 2.05) is 4.90 Å². The van der Waals surface area contributed by atoms with E-state index in [1.54, 1.807) is 0 Å². The first-order valence-corrected chi connectivity index (χ1v) is 10.5. The summed E-state index contributed by atoms with van der Waals surface area (Å²) in [5.74, 6) is 2.99. The average Bonchev–Trinajstić information content (AvgIpc) is 2.94. The molecule has 0 radical (unpaired) electrons. The van der Waals surface area contributed by atoms with Crippen molar-refractivity contribution in [2.75, 3.05) is 19.6 Å². The highest BCUT2D eigenvalue weighted by Crippen LogP contribution is 2.55. The number of hydrogen-bond donors (Lipinski definition) is 3. The van der Waals surface area contributed by atoms with Crippen LogP contribution in [-0.2, 0) is 4.79 Å². The summed E-state index contributed by atoms with van der Waals surface area (Å²) in [7, 11) is 0. The Hall–Kier alpha value is -1.30. The summed E-state index contributed by atoms with van der Waals surface area (Å²) in [5.41, 5.74) is 5.77. The van der Waals surface area contributed by atoms with Crippen molar-refractivity contribution in [3.05, 3.63) is 0 Å². The molecule has 4 bridgehead atoms. The summed E-state index contributed by atoms with van der Waals surface area (Å²) < 4.78 is 0. The van der Waals surface area contributed by atoms with Gasteiger partial charge in [-0.3, -0.25) is 4.79 Å². The zero-order chi connectivity index (χ0) is 18.3. The molecule has 4 saturated carbocycles. The smallest absolute Gasteiger partial charge is 0.315 e. The predicted octanol–water partition coefficient (Wildman–Crippen LogP) is 1.84. The zero-order valence-electron chi connectivity index (χ0n) is 16.0. The molecule has 0 aromatic rings. The highest BCUT2D eigenvalue weighted by atomic mass is 16.2. The van der Waals surface area contributed by atoms with Gasteiger partial charge < -0.3 is 21.3 Å². The van der Waals surface area contributed by atoms with Crippen LogP contribution in [0, 0.1) is 23.7 Å². The van der Waals surface area contributed by atoms with Crippen molar-refractivity contribution < 1.29 is 9.59 Å². The zero-order valence-corrected chi connectivity index (χ0v) is 16.0. The molecule has 1 aliphatic heterocycles. The fraction of sp³-hybridized carbons (Fsp3) is 0.900. The molecule has 5 rings (SSSR count). The van der Waals surface area contributed by atoms with Crippen LogP contribution in [0.1, 0.15) is 58.3 Å². The number of nitrogens with two attached hydrogens (primary N) is 1. The predicted molar refractivity (Wildman–Crippen MR) is 100 cm³/mol. The molecule has 5 aliphatic rings. The van der Waals surface area contributed by atoms with Gasteiger partial charge in [-0.05, 0) is 82.1 Å². The lowest BCUT2D eigenvalue weighted by Gasteiger charge is -2.56. The minimum atomic E-state index is -0.0888. The van der Waals surface area contributed by atoms with E-state index in [4.69, 9.17) is 5.73 Å². The van der Waals surface area contributed by atoms with Crippen molar-refractivity contribution in [3.63, 3.8) is 0 Å². The molecule has 146 valence electrons. The van der Waals surface area contributed by atoms with Gasteiger partial charge >= 0.3 is 6.03 Å². The molecule has 3 amide bonds. The molecule has 6 nitrogen and oxygen atoms in total. The van der Waals surface area contributed by atoms with Gasteiger partial charge in [0.25, 0.3) is 0 Å².